The van der Waals surface area contributed by atoms with Gasteiger partial charge in [0, 0.05) is 9.99 Å². The lowest BCUT2D eigenvalue weighted by molar-refractivity contribution is -0.0276. The Morgan fingerprint density at radius 2 is 1.75 bits per heavy atom. The van der Waals surface area contributed by atoms with Gasteiger partial charge in [0.25, 0.3) is 0 Å². The molecule has 2 rings (SSSR count). The van der Waals surface area contributed by atoms with Gasteiger partial charge in [0.15, 0.2) is 0 Å². The van der Waals surface area contributed by atoms with Crippen LogP contribution in [-0.2, 0) is 6.42 Å². The minimum atomic E-state index is -0.479. The van der Waals surface area contributed by atoms with Crippen molar-refractivity contribution in [1.29, 1.82) is 0 Å². The van der Waals surface area contributed by atoms with Crippen LogP contribution in [0.3, 0.4) is 0 Å². The molecule has 0 aliphatic heterocycles. The summed E-state index contributed by atoms with van der Waals surface area (Å²) in [6, 6.07) is 8.57. The largest absolute Gasteiger partial charge is 0.390 e. The Morgan fingerprint density at radius 1 is 1.20 bits per heavy atom. The predicted octanol–water partition coefficient (Wildman–Crippen LogP) is 5.19. The number of rotatable bonds is 4. The second kappa shape index (κ2) is 6.35. The second-order valence-electron chi connectivity index (χ2n) is 7.14. The Kier molecular flexibility index (Phi) is 5.17. The molecule has 1 saturated carbocycles. The number of halogens is 1. The molecule has 2 heteroatoms. The maximum Gasteiger partial charge on any atom is 0.0688 e. The van der Waals surface area contributed by atoms with E-state index in [1.807, 2.05) is 0 Å². The van der Waals surface area contributed by atoms with Crippen molar-refractivity contribution in [3.05, 3.63) is 33.4 Å². The smallest absolute Gasteiger partial charge is 0.0688 e. The molecule has 1 nitrogen and oxygen atoms in total. The average molecular weight is 386 g/mol. The van der Waals surface area contributed by atoms with E-state index in [1.54, 1.807) is 0 Å². The van der Waals surface area contributed by atoms with E-state index in [9.17, 15) is 5.11 Å². The quantitative estimate of drug-likeness (QED) is 0.706. The minimum absolute atomic E-state index is 0.421. The molecule has 0 heterocycles. The lowest BCUT2D eigenvalue weighted by Crippen LogP contribution is -2.39. The van der Waals surface area contributed by atoms with Crippen molar-refractivity contribution in [2.24, 2.45) is 11.3 Å². The van der Waals surface area contributed by atoms with Crippen molar-refractivity contribution in [3.63, 3.8) is 0 Å². The fourth-order valence-electron chi connectivity index (χ4n) is 3.38. The van der Waals surface area contributed by atoms with Gasteiger partial charge in [-0.25, -0.2) is 0 Å². The van der Waals surface area contributed by atoms with Crippen molar-refractivity contribution >= 4 is 22.6 Å². The molecule has 1 aromatic rings. The lowest BCUT2D eigenvalue weighted by atomic mass is 9.65. The fourth-order valence-corrected chi connectivity index (χ4v) is 3.74. The first-order chi connectivity index (χ1) is 9.35. The molecule has 0 aromatic heterocycles. The Morgan fingerprint density at radius 3 is 2.25 bits per heavy atom. The molecule has 1 aromatic carbocycles. The van der Waals surface area contributed by atoms with Gasteiger partial charge in [-0.15, -0.1) is 0 Å². The van der Waals surface area contributed by atoms with E-state index in [0.29, 0.717) is 5.41 Å². The van der Waals surface area contributed by atoms with Gasteiger partial charge in [-0.2, -0.15) is 0 Å². The highest BCUT2D eigenvalue weighted by molar-refractivity contribution is 14.1. The van der Waals surface area contributed by atoms with Gasteiger partial charge in [0.05, 0.1) is 5.60 Å². The van der Waals surface area contributed by atoms with E-state index < -0.39 is 5.60 Å². The van der Waals surface area contributed by atoms with Crippen LogP contribution in [0.4, 0.5) is 0 Å². The summed E-state index contributed by atoms with van der Waals surface area (Å²) in [6.07, 6.45) is 6.28. The zero-order chi connectivity index (χ0) is 14.8. The topological polar surface area (TPSA) is 20.2 Å². The van der Waals surface area contributed by atoms with E-state index in [-0.39, 0.29) is 0 Å². The Hall–Kier alpha value is -0.0900. The zero-order valence-electron chi connectivity index (χ0n) is 13.0. The number of hydrogen-bond donors (Lipinski definition) is 1. The number of aliphatic hydroxyl groups is 1. The first kappa shape index (κ1) is 16.3. The zero-order valence-corrected chi connectivity index (χ0v) is 15.1. The highest BCUT2D eigenvalue weighted by Gasteiger charge is 2.38. The molecular formula is C18H27IO. The Labute approximate surface area is 137 Å². The van der Waals surface area contributed by atoms with Crippen LogP contribution >= 0.6 is 22.6 Å². The second-order valence-corrected chi connectivity index (χ2v) is 8.39. The number of benzene rings is 1. The van der Waals surface area contributed by atoms with Gasteiger partial charge >= 0.3 is 0 Å². The highest BCUT2D eigenvalue weighted by atomic mass is 127. The monoisotopic (exact) mass is 386 g/mol. The van der Waals surface area contributed by atoms with Gasteiger partial charge < -0.3 is 5.11 Å². The summed E-state index contributed by atoms with van der Waals surface area (Å²) in [6.45, 7) is 7.04. The highest BCUT2D eigenvalue weighted by Crippen LogP contribution is 2.44. The molecule has 1 aliphatic rings. The van der Waals surface area contributed by atoms with Crippen LogP contribution in [0.2, 0.25) is 0 Å². The molecule has 1 N–H and O–H groups in total. The molecule has 0 radical (unpaired) electrons. The Balaban J connectivity index is 1.96. The first-order valence-corrected chi connectivity index (χ1v) is 8.89. The van der Waals surface area contributed by atoms with Gasteiger partial charge in [-0.05, 0) is 77.3 Å². The standard InChI is InChI=1S/C18H27IO/c1-4-17(2,3)15-9-11-18(20,12-10-15)13-14-5-7-16(19)8-6-14/h5-8,15,20H,4,9-13H2,1-3H3. The maximum absolute atomic E-state index is 10.8. The van der Waals surface area contributed by atoms with Gasteiger partial charge in [-0.1, -0.05) is 39.3 Å². The molecule has 1 aliphatic carbocycles. The molecule has 0 bridgehead atoms. The molecular weight excluding hydrogens is 359 g/mol. The summed E-state index contributed by atoms with van der Waals surface area (Å²) >= 11 is 2.32. The molecule has 20 heavy (non-hydrogen) atoms. The summed E-state index contributed by atoms with van der Waals surface area (Å²) in [7, 11) is 0. The van der Waals surface area contributed by atoms with Crippen LogP contribution in [0.5, 0.6) is 0 Å². The third-order valence-electron chi connectivity index (χ3n) is 5.38. The summed E-state index contributed by atoms with van der Waals surface area (Å²) in [5.74, 6) is 0.768. The first-order valence-electron chi connectivity index (χ1n) is 7.81. The van der Waals surface area contributed by atoms with Gasteiger partial charge in [0.2, 0.25) is 0 Å². The summed E-state index contributed by atoms with van der Waals surface area (Å²) in [4.78, 5) is 0. The van der Waals surface area contributed by atoms with Crippen LogP contribution in [0.1, 0.15) is 58.4 Å². The van der Waals surface area contributed by atoms with Crippen LogP contribution in [-0.4, -0.2) is 10.7 Å². The van der Waals surface area contributed by atoms with Crippen LogP contribution < -0.4 is 0 Å². The number of hydrogen-bond acceptors (Lipinski definition) is 1. The van der Waals surface area contributed by atoms with Crippen molar-refractivity contribution < 1.29 is 5.11 Å². The van der Waals surface area contributed by atoms with Crippen molar-refractivity contribution in [3.8, 4) is 0 Å². The van der Waals surface area contributed by atoms with Crippen molar-refractivity contribution in [1.82, 2.24) is 0 Å². The van der Waals surface area contributed by atoms with Crippen molar-refractivity contribution in [2.45, 2.75) is 64.9 Å². The molecule has 0 atom stereocenters. The minimum Gasteiger partial charge on any atom is -0.390 e. The van der Waals surface area contributed by atoms with Crippen LogP contribution in [0.25, 0.3) is 0 Å². The van der Waals surface area contributed by atoms with Crippen LogP contribution in [0.15, 0.2) is 24.3 Å². The summed E-state index contributed by atoms with van der Waals surface area (Å²) < 4.78 is 1.26. The molecule has 0 unspecified atom stereocenters. The summed E-state index contributed by atoms with van der Waals surface area (Å²) in [5.41, 5.74) is 1.21. The van der Waals surface area contributed by atoms with E-state index in [4.69, 9.17) is 0 Å². The summed E-state index contributed by atoms with van der Waals surface area (Å²) in [5, 5.41) is 10.8. The fraction of sp³-hybridized carbons (Fsp3) is 0.667. The third-order valence-corrected chi connectivity index (χ3v) is 6.10. The van der Waals surface area contributed by atoms with E-state index in [2.05, 4.69) is 67.6 Å². The van der Waals surface area contributed by atoms with E-state index in [1.165, 1.54) is 28.4 Å². The van der Waals surface area contributed by atoms with Crippen molar-refractivity contribution in [2.75, 3.05) is 0 Å². The lowest BCUT2D eigenvalue weighted by Gasteiger charge is -2.42. The Bertz CT molecular complexity index is 427. The normalized spacial score (nSPS) is 27.6. The average Bonchev–Trinajstić information content (AvgIpc) is 2.42. The third kappa shape index (κ3) is 3.97. The van der Waals surface area contributed by atoms with Crippen LogP contribution in [0, 0.1) is 14.9 Å². The van der Waals surface area contributed by atoms with Gasteiger partial charge in [0.1, 0.15) is 0 Å². The molecule has 0 saturated heterocycles. The van der Waals surface area contributed by atoms with Gasteiger partial charge in [-0.3, -0.25) is 0 Å². The molecule has 0 amide bonds. The molecule has 1 fully saturated rings. The molecule has 0 spiro atoms. The maximum atomic E-state index is 10.8. The SMILES string of the molecule is CCC(C)(C)C1CCC(O)(Cc2ccc(I)cc2)CC1. The molecule has 112 valence electrons. The van der Waals surface area contributed by atoms with E-state index in [0.717, 1.165) is 25.2 Å². The van der Waals surface area contributed by atoms with E-state index >= 15 is 0 Å². The predicted molar refractivity (Wildman–Crippen MR) is 93.8 cm³/mol.